The molecule has 0 aromatic carbocycles. The van der Waals surface area contributed by atoms with Crippen molar-refractivity contribution >= 4 is 34.3 Å². The summed E-state index contributed by atoms with van der Waals surface area (Å²) in [5.74, 6) is -0.233. The fourth-order valence-electron chi connectivity index (χ4n) is 2.52. The van der Waals surface area contributed by atoms with Crippen LogP contribution in [0, 0.1) is 5.41 Å². The van der Waals surface area contributed by atoms with Gasteiger partial charge < -0.3 is 4.74 Å². The Morgan fingerprint density at radius 1 is 1.57 bits per heavy atom. The molecule has 2 fully saturated rings. The third kappa shape index (κ3) is 0.978. The van der Waals surface area contributed by atoms with Crippen LogP contribution in [0.1, 0.15) is 33.1 Å². The van der Waals surface area contributed by atoms with Gasteiger partial charge in [-0.1, -0.05) is 29.5 Å². The lowest BCUT2D eigenvalue weighted by molar-refractivity contribution is -0.153. The molecule has 2 bridgehead atoms. The van der Waals surface area contributed by atoms with Crippen LogP contribution in [0.15, 0.2) is 0 Å². The van der Waals surface area contributed by atoms with Crippen LogP contribution in [0.2, 0.25) is 0 Å². The molecule has 1 aliphatic heterocycles. The second-order valence-corrected chi connectivity index (χ2v) is 5.56. The fraction of sp³-hybridized carbons (Fsp3) is 0.800. The predicted octanol–water partition coefficient (Wildman–Crippen LogP) is 1.86. The van der Waals surface area contributed by atoms with Gasteiger partial charge >= 0.3 is 5.97 Å². The summed E-state index contributed by atoms with van der Waals surface area (Å²) in [6, 6.07) is 0. The Bertz CT molecular complexity index is 314. The summed E-state index contributed by atoms with van der Waals surface area (Å²) >= 11 is 2.20. The van der Waals surface area contributed by atoms with Crippen molar-refractivity contribution in [2.75, 3.05) is 0 Å². The average Bonchev–Trinajstić information content (AvgIpc) is 2.26. The standard InChI is InChI=1S/C10H13IO3/c1-3-10-6(12)4-5-9(2,7(10)11)14-8(10)13/h7H,3-5H2,1-2H3/t7-,9-,10+/m0/s1. The largest absolute Gasteiger partial charge is 0.457 e. The van der Waals surface area contributed by atoms with Crippen molar-refractivity contribution in [2.24, 2.45) is 5.41 Å². The van der Waals surface area contributed by atoms with Crippen molar-refractivity contribution in [3.8, 4) is 0 Å². The molecule has 14 heavy (non-hydrogen) atoms. The molecule has 1 saturated carbocycles. The highest BCUT2D eigenvalue weighted by Crippen LogP contribution is 2.54. The Hall–Kier alpha value is -0.130. The van der Waals surface area contributed by atoms with Gasteiger partial charge in [0.25, 0.3) is 0 Å². The molecule has 0 aromatic heterocycles. The van der Waals surface area contributed by atoms with Gasteiger partial charge in [0.15, 0.2) is 5.78 Å². The van der Waals surface area contributed by atoms with Crippen molar-refractivity contribution < 1.29 is 14.3 Å². The number of fused-ring (bicyclic) bond motifs is 2. The number of Topliss-reactive ketones (excluding diaryl/α,β-unsaturated/α-hetero) is 1. The monoisotopic (exact) mass is 308 g/mol. The summed E-state index contributed by atoms with van der Waals surface area (Å²) in [5, 5.41) is 0. The third-order valence-corrected chi connectivity index (χ3v) is 5.94. The van der Waals surface area contributed by atoms with Gasteiger partial charge in [0.2, 0.25) is 0 Å². The topological polar surface area (TPSA) is 43.4 Å². The maximum atomic E-state index is 11.9. The first-order valence-electron chi connectivity index (χ1n) is 4.88. The minimum absolute atomic E-state index is 0.00801. The van der Waals surface area contributed by atoms with Crippen LogP contribution >= 0.6 is 22.6 Å². The Balaban J connectivity index is 2.53. The highest BCUT2D eigenvalue weighted by atomic mass is 127. The van der Waals surface area contributed by atoms with E-state index in [1.165, 1.54) is 0 Å². The lowest BCUT2D eigenvalue weighted by atomic mass is 9.68. The maximum absolute atomic E-state index is 11.9. The molecule has 0 aromatic rings. The Labute approximate surface area is 96.7 Å². The van der Waals surface area contributed by atoms with E-state index in [-0.39, 0.29) is 15.7 Å². The molecule has 1 aliphatic carbocycles. The van der Waals surface area contributed by atoms with Gasteiger partial charge in [-0.05, 0) is 19.8 Å². The molecule has 0 spiro atoms. The Morgan fingerprint density at radius 3 is 2.71 bits per heavy atom. The zero-order chi connectivity index (χ0) is 10.6. The first kappa shape index (κ1) is 10.4. The number of carbonyl (C=O) groups excluding carboxylic acids is 2. The van der Waals surface area contributed by atoms with Crippen LogP contribution < -0.4 is 0 Å². The third-order valence-electron chi connectivity index (χ3n) is 3.56. The highest BCUT2D eigenvalue weighted by molar-refractivity contribution is 14.1. The number of carbonyl (C=O) groups is 2. The van der Waals surface area contributed by atoms with Gasteiger partial charge in [0.1, 0.15) is 11.0 Å². The molecule has 0 unspecified atom stereocenters. The summed E-state index contributed by atoms with van der Waals surface area (Å²) in [4.78, 5) is 23.6. The van der Waals surface area contributed by atoms with E-state index in [0.717, 1.165) is 0 Å². The number of alkyl halides is 1. The van der Waals surface area contributed by atoms with Gasteiger partial charge in [-0.15, -0.1) is 0 Å². The van der Waals surface area contributed by atoms with Crippen LogP contribution in [0.5, 0.6) is 0 Å². The number of ketones is 1. The molecule has 2 aliphatic rings. The van der Waals surface area contributed by atoms with E-state index in [0.29, 0.717) is 19.3 Å². The van der Waals surface area contributed by atoms with E-state index >= 15 is 0 Å². The molecule has 0 amide bonds. The average molecular weight is 308 g/mol. The normalized spacial score (nSPS) is 46.6. The number of esters is 1. The molecule has 1 saturated heterocycles. The minimum atomic E-state index is -0.840. The molecule has 2 rings (SSSR count). The number of ether oxygens (including phenoxy) is 1. The Kier molecular flexibility index (Phi) is 2.18. The van der Waals surface area contributed by atoms with Gasteiger partial charge in [-0.25, -0.2) is 0 Å². The van der Waals surface area contributed by atoms with Gasteiger partial charge in [-0.3, -0.25) is 9.59 Å². The zero-order valence-corrected chi connectivity index (χ0v) is 10.5. The SMILES string of the molecule is CC[C@]12C(=O)CC[C@](C)(OC1=O)[C@@H]2I. The van der Waals surface area contributed by atoms with Crippen LogP contribution in [0.25, 0.3) is 0 Å². The molecule has 4 heteroatoms. The van der Waals surface area contributed by atoms with Crippen LogP contribution in [0.4, 0.5) is 0 Å². The first-order chi connectivity index (χ1) is 6.47. The minimum Gasteiger partial charge on any atom is -0.457 e. The molecular weight excluding hydrogens is 295 g/mol. The number of rotatable bonds is 1. The summed E-state index contributed by atoms with van der Waals surface area (Å²) in [6.07, 6.45) is 1.72. The van der Waals surface area contributed by atoms with E-state index < -0.39 is 11.0 Å². The molecule has 0 N–H and O–H groups in total. The van der Waals surface area contributed by atoms with Gasteiger partial charge in [-0.2, -0.15) is 0 Å². The summed E-state index contributed by atoms with van der Waals surface area (Å²) in [7, 11) is 0. The molecule has 0 radical (unpaired) electrons. The maximum Gasteiger partial charge on any atom is 0.321 e. The molecule has 1 heterocycles. The van der Waals surface area contributed by atoms with Crippen molar-refractivity contribution in [1.29, 1.82) is 0 Å². The fourth-order valence-corrected chi connectivity index (χ4v) is 4.00. The van der Waals surface area contributed by atoms with E-state index in [1.54, 1.807) is 0 Å². The Morgan fingerprint density at radius 2 is 2.21 bits per heavy atom. The second-order valence-electron chi connectivity index (χ2n) is 4.31. The van der Waals surface area contributed by atoms with Gasteiger partial charge in [0, 0.05) is 6.42 Å². The number of hydrogen-bond acceptors (Lipinski definition) is 3. The first-order valence-corrected chi connectivity index (χ1v) is 6.13. The van der Waals surface area contributed by atoms with Crippen LogP contribution in [-0.4, -0.2) is 21.3 Å². The smallest absolute Gasteiger partial charge is 0.321 e. The van der Waals surface area contributed by atoms with Crippen LogP contribution in [0.3, 0.4) is 0 Å². The predicted molar refractivity (Wildman–Crippen MR) is 59.3 cm³/mol. The summed E-state index contributed by atoms with van der Waals surface area (Å²) in [5.41, 5.74) is -1.25. The van der Waals surface area contributed by atoms with E-state index in [4.69, 9.17) is 4.74 Å². The quantitative estimate of drug-likeness (QED) is 0.321. The van der Waals surface area contributed by atoms with Gasteiger partial charge in [0.05, 0.1) is 3.92 Å². The molecule has 78 valence electrons. The lowest BCUT2D eigenvalue weighted by Crippen LogP contribution is -2.49. The van der Waals surface area contributed by atoms with Crippen LogP contribution in [-0.2, 0) is 14.3 Å². The summed E-state index contributed by atoms with van der Waals surface area (Å²) < 4.78 is 5.37. The van der Waals surface area contributed by atoms with Crippen molar-refractivity contribution in [3.05, 3.63) is 0 Å². The van der Waals surface area contributed by atoms with E-state index in [1.807, 2.05) is 13.8 Å². The molecular formula is C10H13IO3. The van der Waals surface area contributed by atoms with Crippen molar-refractivity contribution in [3.63, 3.8) is 0 Å². The van der Waals surface area contributed by atoms with Crippen molar-refractivity contribution in [1.82, 2.24) is 0 Å². The van der Waals surface area contributed by atoms with Crippen molar-refractivity contribution in [2.45, 2.75) is 42.6 Å². The lowest BCUT2D eigenvalue weighted by Gasteiger charge is -2.36. The number of halogens is 1. The summed E-state index contributed by atoms with van der Waals surface area (Å²) in [6.45, 7) is 3.83. The molecule has 3 nitrogen and oxygen atoms in total. The van der Waals surface area contributed by atoms with E-state index in [9.17, 15) is 9.59 Å². The number of hydrogen-bond donors (Lipinski definition) is 0. The zero-order valence-electron chi connectivity index (χ0n) is 8.30. The molecule has 3 atom stereocenters. The van der Waals surface area contributed by atoms with E-state index in [2.05, 4.69) is 22.6 Å². The second kappa shape index (κ2) is 2.93. The highest BCUT2D eigenvalue weighted by Gasteiger charge is 2.67.